The third kappa shape index (κ3) is 4.27. The second kappa shape index (κ2) is 8.01. The molecule has 0 spiro atoms. The Labute approximate surface area is 174 Å². The van der Waals surface area contributed by atoms with Crippen LogP contribution in [0.15, 0.2) is 77.0 Å². The number of hydrogen-bond acceptors (Lipinski definition) is 4. The van der Waals surface area contributed by atoms with Gasteiger partial charge in [-0.05, 0) is 48.0 Å². The molecule has 3 aromatic carbocycles. The summed E-state index contributed by atoms with van der Waals surface area (Å²) in [5.74, 6) is 0.00539. The van der Waals surface area contributed by atoms with Crippen molar-refractivity contribution in [2.45, 2.75) is 0 Å². The SMILES string of the molecule is O=C(COc1ccc2c(c1)O/C(=C\c1cccc(F)c1)C2=O)c1ccc(Br)cc1. The predicted octanol–water partition coefficient (Wildman–Crippen LogP) is 5.47. The maximum absolute atomic E-state index is 13.3. The quantitative estimate of drug-likeness (QED) is 0.380. The van der Waals surface area contributed by atoms with Crippen LogP contribution in [0.5, 0.6) is 11.5 Å². The molecule has 0 saturated heterocycles. The summed E-state index contributed by atoms with van der Waals surface area (Å²) in [7, 11) is 0. The Balaban J connectivity index is 1.47. The highest BCUT2D eigenvalue weighted by atomic mass is 79.9. The molecule has 0 bridgehead atoms. The zero-order chi connectivity index (χ0) is 20.4. The number of benzene rings is 3. The smallest absolute Gasteiger partial charge is 0.231 e. The Morgan fingerprint density at radius 1 is 1.07 bits per heavy atom. The van der Waals surface area contributed by atoms with Crippen LogP contribution in [0.3, 0.4) is 0 Å². The minimum absolute atomic E-state index is 0.105. The van der Waals surface area contributed by atoms with Crippen LogP contribution in [-0.4, -0.2) is 18.2 Å². The molecule has 0 N–H and O–H groups in total. The number of ether oxygens (including phenoxy) is 2. The molecule has 6 heteroatoms. The Hall–Kier alpha value is -3.25. The molecule has 4 rings (SSSR count). The molecule has 0 aromatic heterocycles. The summed E-state index contributed by atoms with van der Waals surface area (Å²) in [6.07, 6.45) is 1.49. The van der Waals surface area contributed by atoms with Gasteiger partial charge in [-0.25, -0.2) is 4.39 Å². The fourth-order valence-corrected chi connectivity index (χ4v) is 3.14. The maximum Gasteiger partial charge on any atom is 0.231 e. The molecule has 0 fully saturated rings. The molecule has 0 amide bonds. The predicted molar refractivity (Wildman–Crippen MR) is 110 cm³/mol. The summed E-state index contributed by atoms with van der Waals surface area (Å²) in [5, 5.41) is 0. The summed E-state index contributed by atoms with van der Waals surface area (Å²) in [4.78, 5) is 24.7. The number of hydrogen-bond donors (Lipinski definition) is 0. The van der Waals surface area contributed by atoms with Crippen LogP contribution in [0.25, 0.3) is 6.08 Å². The maximum atomic E-state index is 13.3. The van der Waals surface area contributed by atoms with Crippen molar-refractivity contribution < 1.29 is 23.5 Å². The zero-order valence-corrected chi connectivity index (χ0v) is 16.6. The van der Waals surface area contributed by atoms with E-state index in [2.05, 4.69) is 15.9 Å². The van der Waals surface area contributed by atoms with Crippen LogP contribution in [0, 0.1) is 5.82 Å². The number of allylic oxidation sites excluding steroid dienone is 1. The van der Waals surface area contributed by atoms with E-state index in [4.69, 9.17) is 9.47 Å². The van der Waals surface area contributed by atoms with Gasteiger partial charge in [0.05, 0.1) is 5.56 Å². The highest BCUT2D eigenvalue weighted by Gasteiger charge is 2.27. The average Bonchev–Trinajstić information content (AvgIpc) is 3.01. The normalized spacial score (nSPS) is 13.9. The standard InChI is InChI=1S/C23H14BrFO4/c24-16-6-4-15(5-7-16)20(26)13-28-18-8-9-19-21(12-18)29-22(23(19)27)11-14-2-1-3-17(25)10-14/h1-12H,13H2/b22-11-. The van der Waals surface area contributed by atoms with E-state index in [0.29, 0.717) is 28.2 Å². The van der Waals surface area contributed by atoms with Gasteiger partial charge >= 0.3 is 0 Å². The lowest BCUT2D eigenvalue weighted by Crippen LogP contribution is -2.11. The second-order valence-corrected chi connectivity index (χ2v) is 7.29. The highest BCUT2D eigenvalue weighted by Crippen LogP contribution is 2.35. The van der Waals surface area contributed by atoms with Crippen LogP contribution in [-0.2, 0) is 0 Å². The molecule has 1 aliphatic heterocycles. The summed E-state index contributed by atoms with van der Waals surface area (Å²) in [5.41, 5.74) is 1.46. The van der Waals surface area contributed by atoms with Crippen molar-refractivity contribution in [3.05, 3.63) is 99.5 Å². The molecule has 4 nitrogen and oxygen atoms in total. The number of carbonyl (C=O) groups excluding carboxylic acids is 2. The van der Waals surface area contributed by atoms with E-state index in [1.165, 1.54) is 18.2 Å². The molecule has 1 aliphatic rings. The first-order chi connectivity index (χ1) is 14.0. The van der Waals surface area contributed by atoms with Gasteiger partial charge < -0.3 is 9.47 Å². The highest BCUT2D eigenvalue weighted by molar-refractivity contribution is 9.10. The van der Waals surface area contributed by atoms with E-state index in [9.17, 15) is 14.0 Å². The third-order valence-electron chi connectivity index (χ3n) is 4.32. The monoisotopic (exact) mass is 452 g/mol. The van der Waals surface area contributed by atoms with Crippen molar-refractivity contribution in [1.82, 2.24) is 0 Å². The third-order valence-corrected chi connectivity index (χ3v) is 4.85. The topological polar surface area (TPSA) is 52.6 Å². The van der Waals surface area contributed by atoms with Gasteiger partial charge in [0.2, 0.25) is 5.78 Å². The van der Waals surface area contributed by atoms with Crippen LogP contribution < -0.4 is 9.47 Å². The minimum Gasteiger partial charge on any atom is -0.485 e. The summed E-state index contributed by atoms with van der Waals surface area (Å²) < 4.78 is 25.4. The molecule has 0 saturated carbocycles. The molecule has 3 aromatic rings. The first-order valence-electron chi connectivity index (χ1n) is 8.75. The van der Waals surface area contributed by atoms with Crippen LogP contribution >= 0.6 is 15.9 Å². The number of halogens is 2. The summed E-state index contributed by atoms with van der Waals surface area (Å²) >= 11 is 3.33. The van der Waals surface area contributed by atoms with Gasteiger partial charge in [0.1, 0.15) is 17.3 Å². The van der Waals surface area contributed by atoms with Crippen molar-refractivity contribution in [3.63, 3.8) is 0 Å². The first-order valence-corrected chi connectivity index (χ1v) is 9.54. The Morgan fingerprint density at radius 2 is 1.86 bits per heavy atom. The molecule has 0 radical (unpaired) electrons. The van der Waals surface area contributed by atoms with Gasteiger partial charge in [0.25, 0.3) is 0 Å². The number of carbonyl (C=O) groups is 2. The molecule has 0 aliphatic carbocycles. The molecule has 0 atom stereocenters. The Morgan fingerprint density at radius 3 is 2.62 bits per heavy atom. The van der Waals surface area contributed by atoms with Crippen molar-refractivity contribution in [2.75, 3.05) is 6.61 Å². The second-order valence-electron chi connectivity index (χ2n) is 6.37. The van der Waals surface area contributed by atoms with Gasteiger partial charge in [-0.1, -0.05) is 40.2 Å². The van der Waals surface area contributed by atoms with Gasteiger partial charge in [-0.3, -0.25) is 9.59 Å². The van der Waals surface area contributed by atoms with Gasteiger partial charge in [-0.2, -0.15) is 0 Å². The molecule has 0 unspecified atom stereocenters. The van der Waals surface area contributed by atoms with Crippen LogP contribution in [0.4, 0.5) is 4.39 Å². The lowest BCUT2D eigenvalue weighted by molar-refractivity contribution is 0.0921. The van der Waals surface area contributed by atoms with E-state index >= 15 is 0 Å². The van der Waals surface area contributed by atoms with Gasteiger partial charge in [-0.15, -0.1) is 0 Å². The van der Waals surface area contributed by atoms with Crippen molar-refractivity contribution in [1.29, 1.82) is 0 Å². The van der Waals surface area contributed by atoms with Crippen molar-refractivity contribution >= 4 is 33.6 Å². The fourth-order valence-electron chi connectivity index (χ4n) is 2.87. The zero-order valence-electron chi connectivity index (χ0n) is 15.0. The van der Waals surface area contributed by atoms with Crippen LogP contribution in [0.2, 0.25) is 0 Å². The Kier molecular flexibility index (Phi) is 5.27. The van der Waals surface area contributed by atoms with Crippen LogP contribution in [0.1, 0.15) is 26.3 Å². The number of ketones is 2. The lowest BCUT2D eigenvalue weighted by Gasteiger charge is -2.07. The number of fused-ring (bicyclic) bond motifs is 1. The number of Topliss-reactive ketones (excluding diaryl/α,β-unsaturated/α-hetero) is 2. The van der Waals surface area contributed by atoms with E-state index in [1.54, 1.807) is 54.6 Å². The van der Waals surface area contributed by atoms with Gasteiger partial charge in [0, 0.05) is 16.1 Å². The van der Waals surface area contributed by atoms with E-state index in [0.717, 1.165) is 4.47 Å². The lowest BCUT2D eigenvalue weighted by atomic mass is 10.1. The fraction of sp³-hybridized carbons (Fsp3) is 0.0435. The van der Waals surface area contributed by atoms with Crippen molar-refractivity contribution in [3.8, 4) is 11.5 Å². The molecule has 144 valence electrons. The van der Waals surface area contributed by atoms with Gasteiger partial charge in [0.15, 0.2) is 18.1 Å². The molecular formula is C23H14BrFO4. The molecular weight excluding hydrogens is 439 g/mol. The summed E-state index contributed by atoms with van der Waals surface area (Å²) in [6, 6.07) is 17.6. The molecule has 1 heterocycles. The van der Waals surface area contributed by atoms with Crippen molar-refractivity contribution in [2.24, 2.45) is 0 Å². The molecule has 29 heavy (non-hydrogen) atoms. The minimum atomic E-state index is -0.395. The number of rotatable bonds is 5. The average molecular weight is 453 g/mol. The largest absolute Gasteiger partial charge is 0.485 e. The van der Waals surface area contributed by atoms with E-state index in [1.807, 2.05) is 0 Å². The van der Waals surface area contributed by atoms with E-state index < -0.39 is 5.82 Å². The first kappa shape index (κ1) is 19.1. The summed E-state index contributed by atoms with van der Waals surface area (Å²) in [6.45, 7) is -0.139. The Bertz CT molecular complexity index is 1140. The van der Waals surface area contributed by atoms with E-state index in [-0.39, 0.29) is 23.9 Å².